The molecular formula is C28H27N3O5S. The Labute approximate surface area is 220 Å². The van der Waals surface area contributed by atoms with Crippen molar-refractivity contribution < 1.29 is 23.9 Å². The molecule has 0 saturated carbocycles. The number of amides is 2. The number of nitrogens with zero attached hydrogens (tertiary/aromatic N) is 2. The lowest BCUT2D eigenvalue weighted by Gasteiger charge is -2.24. The summed E-state index contributed by atoms with van der Waals surface area (Å²) in [6.07, 6.45) is -0.0991. The Bertz CT molecular complexity index is 1280. The van der Waals surface area contributed by atoms with Crippen LogP contribution in [0.2, 0.25) is 0 Å². The first kappa shape index (κ1) is 25.8. The summed E-state index contributed by atoms with van der Waals surface area (Å²) in [5, 5.41) is 3.14. The second kappa shape index (κ2) is 11.7. The van der Waals surface area contributed by atoms with E-state index in [2.05, 4.69) is 5.32 Å². The first-order chi connectivity index (χ1) is 17.9. The highest BCUT2D eigenvalue weighted by molar-refractivity contribution is 7.80. The van der Waals surface area contributed by atoms with Crippen molar-refractivity contribution in [3.05, 3.63) is 90.0 Å². The molecule has 4 rings (SSSR count). The molecule has 9 heteroatoms. The van der Waals surface area contributed by atoms with Crippen LogP contribution in [0.25, 0.3) is 0 Å². The number of rotatable bonds is 9. The summed E-state index contributed by atoms with van der Waals surface area (Å²) >= 11 is 5.72. The minimum Gasteiger partial charge on any atom is -0.497 e. The Kier molecular flexibility index (Phi) is 8.15. The number of carbonyl (C=O) groups excluding carboxylic acids is 3. The molecule has 1 saturated heterocycles. The molecule has 1 N–H and O–H groups in total. The van der Waals surface area contributed by atoms with Crippen LogP contribution in [0.4, 0.5) is 11.4 Å². The molecule has 8 nitrogen and oxygen atoms in total. The number of esters is 1. The summed E-state index contributed by atoms with van der Waals surface area (Å²) in [5.74, 6) is -0.322. The number of nitrogens with one attached hydrogen (secondary N) is 1. The molecule has 1 fully saturated rings. The van der Waals surface area contributed by atoms with Crippen LogP contribution >= 0.6 is 12.2 Å². The molecule has 1 aliphatic heterocycles. The van der Waals surface area contributed by atoms with Crippen molar-refractivity contribution in [3.63, 3.8) is 0 Å². The molecule has 3 aromatic carbocycles. The van der Waals surface area contributed by atoms with E-state index in [1.165, 1.54) is 4.90 Å². The molecular weight excluding hydrogens is 490 g/mol. The highest BCUT2D eigenvalue weighted by Crippen LogP contribution is 2.29. The van der Waals surface area contributed by atoms with E-state index in [1.807, 2.05) is 54.6 Å². The summed E-state index contributed by atoms with van der Waals surface area (Å²) in [6.45, 7) is 2.37. The van der Waals surface area contributed by atoms with Gasteiger partial charge in [-0.25, -0.2) is 4.79 Å². The molecule has 0 aromatic heterocycles. The number of benzene rings is 3. The Balaban J connectivity index is 1.53. The van der Waals surface area contributed by atoms with Gasteiger partial charge in [0.05, 0.1) is 31.4 Å². The summed E-state index contributed by atoms with van der Waals surface area (Å²) in [4.78, 5) is 41.7. The van der Waals surface area contributed by atoms with Crippen LogP contribution in [0.5, 0.6) is 5.75 Å². The van der Waals surface area contributed by atoms with E-state index in [0.29, 0.717) is 28.6 Å². The topological polar surface area (TPSA) is 88.2 Å². The second-order valence-corrected chi connectivity index (χ2v) is 8.70. The summed E-state index contributed by atoms with van der Waals surface area (Å²) in [5.41, 5.74) is 2.47. The average molecular weight is 518 g/mol. The van der Waals surface area contributed by atoms with E-state index in [1.54, 1.807) is 43.2 Å². The molecule has 0 radical (unpaired) electrons. The number of methoxy groups -OCH3 is 1. The van der Waals surface area contributed by atoms with Crippen molar-refractivity contribution in [2.75, 3.05) is 23.9 Å². The molecule has 2 amide bonds. The van der Waals surface area contributed by atoms with Gasteiger partial charge in [-0.15, -0.1) is 0 Å². The Morgan fingerprint density at radius 1 is 0.973 bits per heavy atom. The number of carbonyl (C=O) groups is 3. The predicted molar refractivity (Wildman–Crippen MR) is 144 cm³/mol. The van der Waals surface area contributed by atoms with Crippen molar-refractivity contribution in [3.8, 4) is 5.75 Å². The van der Waals surface area contributed by atoms with Gasteiger partial charge in [0, 0.05) is 12.2 Å². The quantitative estimate of drug-likeness (QED) is 0.332. The van der Waals surface area contributed by atoms with Crippen LogP contribution in [0.15, 0.2) is 78.9 Å². The van der Waals surface area contributed by atoms with Crippen LogP contribution in [0, 0.1) is 0 Å². The van der Waals surface area contributed by atoms with Gasteiger partial charge in [0.15, 0.2) is 5.11 Å². The summed E-state index contributed by atoms with van der Waals surface area (Å²) in [6, 6.07) is 22.2. The molecule has 3 aromatic rings. The van der Waals surface area contributed by atoms with E-state index in [0.717, 1.165) is 11.3 Å². The minimum absolute atomic E-state index is 0.0991. The number of hydrogen-bond donors (Lipinski definition) is 1. The Morgan fingerprint density at radius 3 is 2.27 bits per heavy atom. The van der Waals surface area contributed by atoms with Gasteiger partial charge in [-0.3, -0.25) is 14.5 Å². The maximum Gasteiger partial charge on any atom is 0.338 e. The number of ether oxygens (including phenoxy) is 2. The van der Waals surface area contributed by atoms with Gasteiger partial charge in [0.25, 0.3) is 5.91 Å². The van der Waals surface area contributed by atoms with Crippen molar-refractivity contribution >= 4 is 46.5 Å². The molecule has 0 aliphatic carbocycles. The first-order valence-corrected chi connectivity index (χ1v) is 12.2. The first-order valence-electron chi connectivity index (χ1n) is 11.8. The molecule has 0 unspecified atom stereocenters. The van der Waals surface area contributed by atoms with Gasteiger partial charge < -0.3 is 19.7 Å². The normalized spacial score (nSPS) is 15.0. The Hall–Kier alpha value is -4.24. The fraction of sp³-hybridized carbons (Fsp3) is 0.214. The zero-order valence-electron chi connectivity index (χ0n) is 20.5. The maximum absolute atomic E-state index is 13.5. The van der Waals surface area contributed by atoms with Gasteiger partial charge in [-0.1, -0.05) is 30.3 Å². The number of thiocarbonyl (C=S) groups is 1. The van der Waals surface area contributed by atoms with Gasteiger partial charge >= 0.3 is 5.97 Å². The van der Waals surface area contributed by atoms with Crippen molar-refractivity contribution in [2.45, 2.75) is 25.9 Å². The predicted octanol–water partition coefficient (Wildman–Crippen LogP) is 4.40. The third-order valence-corrected chi connectivity index (χ3v) is 6.32. The minimum atomic E-state index is -0.784. The standard InChI is InChI=1S/C28H27N3O5S/c1-3-36-27(34)20-11-13-21(14-12-20)29-25(32)17-24-26(33)31(22-7-5-4-6-8-22)28(37)30(24)18-19-9-15-23(35-2)16-10-19/h4-16,24H,3,17-18H2,1-2H3,(H,29,32)/t24-/m1/s1. The lowest BCUT2D eigenvalue weighted by molar-refractivity contribution is -0.124. The van der Waals surface area contributed by atoms with Gasteiger partial charge in [-0.05, 0) is 73.2 Å². The summed E-state index contributed by atoms with van der Waals surface area (Å²) in [7, 11) is 1.60. The van der Waals surface area contributed by atoms with Crippen LogP contribution < -0.4 is 15.0 Å². The van der Waals surface area contributed by atoms with Crippen LogP contribution in [0.3, 0.4) is 0 Å². The fourth-order valence-electron chi connectivity index (χ4n) is 4.05. The van der Waals surface area contributed by atoms with Crippen molar-refractivity contribution in [2.24, 2.45) is 0 Å². The largest absolute Gasteiger partial charge is 0.497 e. The lowest BCUT2D eigenvalue weighted by Crippen LogP contribution is -2.37. The molecule has 1 atom stereocenters. The van der Waals surface area contributed by atoms with Crippen LogP contribution in [-0.2, 0) is 20.9 Å². The van der Waals surface area contributed by atoms with E-state index >= 15 is 0 Å². The third kappa shape index (κ3) is 5.95. The average Bonchev–Trinajstić information content (AvgIpc) is 3.14. The third-order valence-electron chi connectivity index (χ3n) is 5.90. The number of anilines is 2. The number of hydrogen-bond acceptors (Lipinski definition) is 6. The van der Waals surface area contributed by atoms with Crippen molar-refractivity contribution in [1.29, 1.82) is 0 Å². The van der Waals surface area contributed by atoms with Crippen LogP contribution in [0.1, 0.15) is 29.3 Å². The maximum atomic E-state index is 13.5. The van der Waals surface area contributed by atoms with Crippen LogP contribution in [-0.4, -0.2) is 47.6 Å². The van der Waals surface area contributed by atoms with E-state index in [9.17, 15) is 14.4 Å². The molecule has 1 aliphatic rings. The zero-order valence-corrected chi connectivity index (χ0v) is 21.4. The van der Waals surface area contributed by atoms with Crippen molar-refractivity contribution in [1.82, 2.24) is 4.90 Å². The molecule has 1 heterocycles. The zero-order chi connectivity index (χ0) is 26.4. The van der Waals surface area contributed by atoms with Gasteiger partial charge in [0.1, 0.15) is 11.8 Å². The lowest BCUT2D eigenvalue weighted by atomic mass is 10.1. The number of para-hydroxylation sites is 1. The highest BCUT2D eigenvalue weighted by atomic mass is 32.1. The van der Waals surface area contributed by atoms with Gasteiger partial charge in [-0.2, -0.15) is 0 Å². The monoisotopic (exact) mass is 517 g/mol. The SMILES string of the molecule is CCOC(=O)c1ccc(NC(=O)C[C@@H]2C(=O)N(c3ccccc3)C(=S)N2Cc2ccc(OC)cc2)cc1. The van der Waals surface area contributed by atoms with E-state index < -0.39 is 12.0 Å². The van der Waals surface area contributed by atoms with E-state index in [4.69, 9.17) is 21.7 Å². The summed E-state index contributed by atoms with van der Waals surface area (Å²) < 4.78 is 10.2. The Morgan fingerprint density at radius 2 is 1.65 bits per heavy atom. The molecule has 190 valence electrons. The molecule has 0 spiro atoms. The van der Waals surface area contributed by atoms with Gasteiger partial charge in [0.2, 0.25) is 5.91 Å². The second-order valence-electron chi connectivity index (χ2n) is 8.33. The van der Waals surface area contributed by atoms with E-state index in [-0.39, 0.29) is 24.8 Å². The molecule has 0 bridgehead atoms. The highest BCUT2D eigenvalue weighted by Gasteiger charge is 2.44. The molecule has 37 heavy (non-hydrogen) atoms. The smallest absolute Gasteiger partial charge is 0.338 e. The fourth-order valence-corrected chi connectivity index (χ4v) is 4.43.